The van der Waals surface area contributed by atoms with E-state index in [0.29, 0.717) is 23.2 Å². The van der Waals surface area contributed by atoms with E-state index in [9.17, 15) is 52.8 Å². The van der Waals surface area contributed by atoms with Crippen molar-refractivity contribution in [2.45, 2.75) is 49.8 Å². The number of aromatic nitrogens is 5. The number of H-pyrrole nitrogens is 1. The van der Waals surface area contributed by atoms with Gasteiger partial charge in [-0.2, -0.15) is 26.3 Å². The summed E-state index contributed by atoms with van der Waals surface area (Å²) >= 11 is 14.1. The summed E-state index contributed by atoms with van der Waals surface area (Å²) < 4.78 is 136. The third-order valence-electron chi connectivity index (χ3n) is 10.1. The van der Waals surface area contributed by atoms with Crippen molar-refractivity contribution in [3.05, 3.63) is 168 Å². The monoisotopic (exact) mass is 1190 g/mol. The first kappa shape index (κ1) is 56.7. The number of pyridine rings is 4. The Morgan fingerprint density at radius 3 is 1.78 bits per heavy atom. The number of carbonyl (C=O) groups is 2. The number of aromatic amines is 1. The summed E-state index contributed by atoms with van der Waals surface area (Å²) in [7, 11) is -6.52. The molecule has 5 heterocycles. The summed E-state index contributed by atoms with van der Waals surface area (Å²) in [6.45, 7) is 2.44. The highest BCUT2D eigenvalue weighted by molar-refractivity contribution is 14.1. The lowest BCUT2D eigenvalue weighted by Gasteiger charge is -2.17. The summed E-state index contributed by atoms with van der Waals surface area (Å²) in [5.74, 6) is -1.42. The molecule has 26 heteroatoms. The molecular formula is C46H39Cl2F6IN8O7S2. The van der Waals surface area contributed by atoms with Gasteiger partial charge in [-0.1, -0.05) is 54.9 Å². The fourth-order valence-electron chi connectivity index (χ4n) is 6.58. The normalized spacial score (nSPS) is 12.1. The Morgan fingerprint density at radius 1 is 0.750 bits per heavy atom. The van der Waals surface area contributed by atoms with Gasteiger partial charge in [-0.3, -0.25) is 28.9 Å². The van der Waals surface area contributed by atoms with Crippen molar-refractivity contribution in [1.29, 1.82) is 0 Å². The smallest absolute Gasteiger partial charge is 0.346 e. The Kier molecular flexibility index (Phi) is 17.9. The van der Waals surface area contributed by atoms with Gasteiger partial charge in [0.1, 0.15) is 11.3 Å². The van der Waals surface area contributed by atoms with E-state index < -0.39 is 65.0 Å². The minimum Gasteiger partial charge on any atom is -0.346 e. The Bertz CT molecular complexity index is 3450. The highest BCUT2D eigenvalue weighted by Gasteiger charge is 2.35. The summed E-state index contributed by atoms with van der Waals surface area (Å²) in [4.78, 5) is 47.9. The van der Waals surface area contributed by atoms with Gasteiger partial charge in [-0.05, 0) is 102 Å². The number of aryl methyl sites for hydroxylation is 2. The minimum absolute atomic E-state index is 0. The Morgan fingerprint density at radius 2 is 1.26 bits per heavy atom. The van der Waals surface area contributed by atoms with Crippen LogP contribution in [0.2, 0.25) is 10.0 Å². The second kappa shape index (κ2) is 22.7. The maximum Gasteiger partial charge on any atom is 0.416 e. The third-order valence-corrected chi connectivity index (χ3v) is 14.2. The molecule has 0 spiro atoms. The highest BCUT2D eigenvalue weighted by atomic mass is 127. The topological polar surface area (TPSA) is 206 Å². The first-order chi connectivity index (χ1) is 33.2. The molecule has 0 saturated heterocycles. The molecule has 3 N–H and O–H groups in total. The number of ketones is 1. The SMILES string of the molecule is C.CON(C)C(=O)c1ncc(Cl)cc1NS(=O)(=O)c1ccc(C)c(C(F)(F)F)c1.Cc1ccc(S(=O)(=O)Nc2cc(Cl)cnc2C(=O)c2ccnc3[nH]ccc23)cc1C(F)(F)F.Ic1ccnc2c1C=CC2. The molecule has 15 nitrogen and oxygen atoms in total. The van der Waals surface area contributed by atoms with Crippen molar-refractivity contribution < 1.29 is 57.6 Å². The number of nitrogens with zero attached hydrogens (tertiary/aromatic N) is 5. The molecule has 0 aliphatic heterocycles. The van der Waals surface area contributed by atoms with E-state index in [2.05, 4.69) is 69.1 Å². The molecule has 0 atom stereocenters. The molecule has 0 bridgehead atoms. The number of nitrogens with one attached hydrogen (secondary N) is 3. The number of hydrogen-bond donors (Lipinski definition) is 3. The van der Waals surface area contributed by atoms with Gasteiger partial charge in [0, 0.05) is 64.5 Å². The van der Waals surface area contributed by atoms with E-state index in [1.165, 1.54) is 55.1 Å². The molecule has 1 aliphatic rings. The Balaban J connectivity index is 0.000000223. The van der Waals surface area contributed by atoms with Gasteiger partial charge in [0.05, 0.1) is 55.1 Å². The average Bonchev–Trinajstić information content (AvgIpc) is 3.99. The lowest BCUT2D eigenvalue weighted by molar-refractivity contribution is -0.139. The van der Waals surface area contributed by atoms with E-state index in [0.717, 1.165) is 60.3 Å². The van der Waals surface area contributed by atoms with Gasteiger partial charge in [-0.15, -0.1) is 0 Å². The number of carbonyl (C=O) groups excluding carboxylic acids is 2. The first-order valence-electron chi connectivity index (χ1n) is 20.0. The van der Waals surface area contributed by atoms with Crippen LogP contribution in [0.5, 0.6) is 0 Å². The van der Waals surface area contributed by atoms with Gasteiger partial charge in [0.2, 0.25) is 5.78 Å². The van der Waals surface area contributed by atoms with Gasteiger partial charge in [0.25, 0.3) is 26.0 Å². The number of hydroxylamine groups is 2. The number of allylic oxidation sites excluding steroid dienone is 1. The number of amides is 1. The van der Waals surface area contributed by atoms with Crippen LogP contribution in [0.25, 0.3) is 17.1 Å². The van der Waals surface area contributed by atoms with Crippen LogP contribution in [0.3, 0.4) is 0 Å². The standard InChI is InChI=1S/C21H14ClF3N4O3S.C16H15ClF3N3O4S.C8H6IN.CH4/c1-11-2-3-13(9-16(11)21(23,24)25)33(31,32)29-17-8-12(22)10-28-18(17)19(30)14-4-6-26-20-15(14)5-7-27-20;1-9-4-5-11(7-12(9)16(18,19)20)28(25,26)22-13-6-10(17)8-21-14(13)15(24)23(2)27-3;9-7-4-5-10-8-3-1-2-6(7)8;/h2-10,29H,1H3,(H,26,27);4-8,22H,1-3H3;1-2,4-5H,3H2;1H4. The van der Waals surface area contributed by atoms with E-state index in [-0.39, 0.29) is 56.9 Å². The Hall–Kier alpha value is -6.19. The van der Waals surface area contributed by atoms with Gasteiger partial charge >= 0.3 is 12.4 Å². The number of hydrogen-bond acceptors (Lipinski definition) is 11. The fourth-order valence-corrected chi connectivity index (χ4v) is 9.71. The summed E-state index contributed by atoms with van der Waals surface area (Å²) in [5.41, 5.74) is -0.480. The predicted octanol–water partition coefficient (Wildman–Crippen LogP) is 11.4. The van der Waals surface area contributed by atoms with Crippen molar-refractivity contribution in [3.8, 4) is 0 Å². The van der Waals surface area contributed by atoms with E-state index in [4.69, 9.17) is 28.0 Å². The quantitative estimate of drug-likeness (QED) is 0.0508. The second-order valence-electron chi connectivity index (χ2n) is 14.9. The molecule has 0 saturated carbocycles. The van der Waals surface area contributed by atoms with Gasteiger partial charge in [0.15, 0.2) is 5.69 Å². The number of fused-ring (bicyclic) bond motifs is 2. The number of benzene rings is 2. The summed E-state index contributed by atoms with van der Waals surface area (Å²) in [5, 5.41) is 1.31. The van der Waals surface area contributed by atoms with Crippen LogP contribution in [-0.2, 0) is 43.7 Å². The molecule has 8 rings (SSSR count). The third kappa shape index (κ3) is 13.3. The van der Waals surface area contributed by atoms with Gasteiger partial charge < -0.3 is 4.98 Å². The molecule has 380 valence electrons. The fraction of sp³-hybridized carbons (Fsp3) is 0.174. The van der Waals surface area contributed by atoms with E-state index >= 15 is 0 Å². The van der Waals surface area contributed by atoms with Crippen LogP contribution in [0.4, 0.5) is 37.7 Å². The highest BCUT2D eigenvalue weighted by Crippen LogP contribution is 2.36. The lowest BCUT2D eigenvalue weighted by atomic mass is 10.0. The van der Waals surface area contributed by atoms with Crippen LogP contribution in [0, 0.1) is 17.4 Å². The zero-order valence-electron chi connectivity index (χ0n) is 36.9. The van der Waals surface area contributed by atoms with Crippen LogP contribution in [0.1, 0.15) is 67.5 Å². The average molecular weight is 1190 g/mol. The maximum absolute atomic E-state index is 13.3. The second-order valence-corrected chi connectivity index (χ2v) is 20.3. The van der Waals surface area contributed by atoms with Crippen LogP contribution in [0.15, 0.2) is 114 Å². The van der Waals surface area contributed by atoms with Crippen LogP contribution >= 0.6 is 45.8 Å². The number of anilines is 2. The van der Waals surface area contributed by atoms with Crippen LogP contribution < -0.4 is 9.44 Å². The number of alkyl halides is 6. The van der Waals surface area contributed by atoms with Crippen LogP contribution in [-0.4, -0.2) is 72.7 Å². The number of sulfonamides is 2. The molecule has 5 aromatic heterocycles. The largest absolute Gasteiger partial charge is 0.416 e. The maximum atomic E-state index is 13.3. The molecule has 1 aliphatic carbocycles. The van der Waals surface area contributed by atoms with Crippen molar-refractivity contribution in [2.75, 3.05) is 23.6 Å². The molecule has 0 radical (unpaired) electrons. The van der Waals surface area contributed by atoms with Crippen molar-refractivity contribution in [1.82, 2.24) is 30.0 Å². The lowest BCUT2D eigenvalue weighted by Crippen LogP contribution is -2.28. The predicted molar refractivity (Wildman–Crippen MR) is 268 cm³/mol. The summed E-state index contributed by atoms with van der Waals surface area (Å²) in [6.07, 6.45) is 2.97. The van der Waals surface area contributed by atoms with Crippen molar-refractivity contribution in [3.63, 3.8) is 0 Å². The van der Waals surface area contributed by atoms with E-state index in [1.54, 1.807) is 12.3 Å². The zero-order valence-corrected chi connectivity index (χ0v) is 42.2. The Labute approximate surface area is 432 Å². The zero-order chi connectivity index (χ0) is 52.2. The van der Waals surface area contributed by atoms with Gasteiger partial charge in [-0.25, -0.2) is 36.9 Å². The molecule has 0 unspecified atom stereocenters. The molecule has 7 aromatic rings. The molecule has 1 amide bonds. The molecular weight excluding hydrogens is 1150 g/mol. The molecule has 0 fully saturated rings. The first-order valence-corrected chi connectivity index (χ1v) is 24.8. The van der Waals surface area contributed by atoms with Crippen molar-refractivity contribution in [2.24, 2.45) is 0 Å². The number of halogens is 9. The van der Waals surface area contributed by atoms with Crippen molar-refractivity contribution >= 4 is 106 Å². The number of rotatable bonds is 10. The minimum atomic E-state index is -4.74. The van der Waals surface area contributed by atoms with E-state index in [1.807, 2.05) is 12.3 Å². The summed E-state index contributed by atoms with van der Waals surface area (Å²) in [6, 6.07) is 12.6. The molecule has 72 heavy (non-hydrogen) atoms. The molecule has 2 aromatic carbocycles.